The van der Waals surface area contributed by atoms with Crippen LogP contribution in [-0.2, 0) is 0 Å². The third-order valence-corrected chi connectivity index (χ3v) is 1.77. The second kappa shape index (κ2) is 2.46. The summed E-state index contributed by atoms with van der Waals surface area (Å²) in [5, 5.41) is 4.21. The molecule has 0 aliphatic carbocycles. The van der Waals surface area contributed by atoms with Gasteiger partial charge in [0.15, 0.2) is 0 Å². The SMILES string of the molecule is C[C@H](N)C1CC[N]C1. The zero-order valence-corrected chi connectivity index (χ0v) is 5.30. The number of rotatable bonds is 1. The molecule has 1 rings (SSSR count). The van der Waals surface area contributed by atoms with Gasteiger partial charge < -0.3 is 5.73 Å². The number of nitrogens with zero attached hydrogens (tertiary/aromatic N) is 1. The maximum absolute atomic E-state index is 5.64. The van der Waals surface area contributed by atoms with E-state index in [1.807, 2.05) is 0 Å². The second-order valence-electron chi connectivity index (χ2n) is 2.54. The normalized spacial score (nSPS) is 33.0. The van der Waals surface area contributed by atoms with Crippen LogP contribution in [0.4, 0.5) is 0 Å². The van der Waals surface area contributed by atoms with E-state index in [2.05, 4.69) is 12.2 Å². The molecule has 1 heterocycles. The minimum atomic E-state index is 0.348. The molecule has 2 atom stereocenters. The first kappa shape index (κ1) is 6.05. The lowest BCUT2D eigenvalue weighted by Crippen LogP contribution is -2.27. The number of hydrogen-bond acceptors (Lipinski definition) is 1. The monoisotopic (exact) mass is 113 g/mol. The summed E-state index contributed by atoms with van der Waals surface area (Å²) >= 11 is 0. The van der Waals surface area contributed by atoms with Crippen LogP contribution in [-0.4, -0.2) is 19.1 Å². The molecule has 2 N–H and O–H groups in total. The molecule has 1 radical (unpaired) electrons. The van der Waals surface area contributed by atoms with Gasteiger partial charge in [0, 0.05) is 19.1 Å². The summed E-state index contributed by atoms with van der Waals surface area (Å²) in [6.45, 7) is 4.09. The van der Waals surface area contributed by atoms with Crippen LogP contribution in [0.3, 0.4) is 0 Å². The summed E-state index contributed by atoms with van der Waals surface area (Å²) in [6, 6.07) is 0.348. The van der Waals surface area contributed by atoms with Crippen molar-refractivity contribution in [1.82, 2.24) is 5.32 Å². The van der Waals surface area contributed by atoms with E-state index in [1.165, 1.54) is 6.42 Å². The van der Waals surface area contributed by atoms with Crippen molar-refractivity contribution < 1.29 is 0 Å². The first-order valence-corrected chi connectivity index (χ1v) is 3.19. The van der Waals surface area contributed by atoms with E-state index < -0.39 is 0 Å². The van der Waals surface area contributed by atoms with E-state index >= 15 is 0 Å². The molecule has 0 aromatic rings. The Kier molecular flexibility index (Phi) is 1.86. The molecule has 0 amide bonds. The Hall–Kier alpha value is -0.0800. The molecular weight excluding hydrogens is 100 g/mol. The third-order valence-electron chi connectivity index (χ3n) is 1.77. The van der Waals surface area contributed by atoms with Gasteiger partial charge in [0.1, 0.15) is 0 Å². The van der Waals surface area contributed by atoms with Crippen LogP contribution in [0.1, 0.15) is 13.3 Å². The van der Waals surface area contributed by atoms with Crippen LogP contribution < -0.4 is 11.1 Å². The van der Waals surface area contributed by atoms with Crippen molar-refractivity contribution in [2.45, 2.75) is 19.4 Å². The maximum Gasteiger partial charge on any atom is 0.0176 e. The number of nitrogens with two attached hydrogens (primary N) is 1. The molecule has 2 heteroatoms. The van der Waals surface area contributed by atoms with Gasteiger partial charge in [0.05, 0.1) is 0 Å². The van der Waals surface area contributed by atoms with Crippen molar-refractivity contribution in [3.63, 3.8) is 0 Å². The Bertz CT molecular complexity index is 64.9. The summed E-state index contributed by atoms with van der Waals surface area (Å²) in [4.78, 5) is 0. The highest BCUT2D eigenvalue weighted by Crippen LogP contribution is 2.10. The van der Waals surface area contributed by atoms with E-state index in [1.54, 1.807) is 0 Å². The topological polar surface area (TPSA) is 40.1 Å². The van der Waals surface area contributed by atoms with E-state index in [0.717, 1.165) is 13.1 Å². The zero-order valence-electron chi connectivity index (χ0n) is 5.30. The lowest BCUT2D eigenvalue weighted by atomic mass is 10.0. The molecule has 1 aliphatic rings. The third kappa shape index (κ3) is 1.20. The summed E-state index contributed by atoms with van der Waals surface area (Å²) in [7, 11) is 0. The molecule has 1 aliphatic heterocycles. The standard InChI is InChI=1S/C6H13N2/c1-5(7)6-2-3-8-4-6/h5-6H,2-4,7H2,1H3/t5-,6?/m0/s1. The lowest BCUT2D eigenvalue weighted by molar-refractivity contribution is 0.483. The quantitative estimate of drug-likeness (QED) is 0.509. The molecule has 1 unspecified atom stereocenters. The highest BCUT2D eigenvalue weighted by molar-refractivity contribution is 4.76. The minimum absolute atomic E-state index is 0.348. The molecule has 47 valence electrons. The van der Waals surface area contributed by atoms with E-state index in [4.69, 9.17) is 5.73 Å². The second-order valence-corrected chi connectivity index (χ2v) is 2.54. The van der Waals surface area contributed by atoms with Gasteiger partial charge in [0.25, 0.3) is 0 Å². The first-order valence-electron chi connectivity index (χ1n) is 3.19. The van der Waals surface area contributed by atoms with Crippen LogP contribution >= 0.6 is 0 Å². The highest BCUT2D eigenvalue weighted by Gasteiger charge is 2.18. The van der Waals surface area contributed by atoms with Crippen molar-refractivity contribution in [3.05, 3.63) is 0 Å². The van der Waals surface area contributed by atoms with Gasteiger partial charge in [-0.2, -0.15) is 0 Å². The lowest BCUT2D eigenvalue weighted by Gasteiger charge is -2.10. The Labute approximate surface area is 50.4 Å². The molecule has 1 saturated heterocycles. The van der Waals surface area contributed by atoms with Crippen molar-refractivity contribution >= 4 is 0 Å². The van der Waals surface area contributed by atoms with Gasteiger partial charge in [-0.15, -0.1) is 0 Å². The van der Waals surface area contributed by atoms with Crippen molar-refractivity contribution in [2.24, 2.45) is 11.7 Å². The summed E-state index contributed by atoms with van der Waals surface area (Å²) < 4.78 is 0. The molecule has 0 saturated carbocycles. The van der Waals surface area contributed by atoms with Gasteiger partial charge >= 0.3 is 0 Å². The molecule has 0 spiro atoms. The average molecular weight is 113 g/mol. The van der Waals surface area contributed by atoms with Crippen molar-refractivity contribution in [1.29, 1.82) is 0 Å². The van der Waals surface area contributed by atoms with Crippen LogP contribution in [0.5, 0.6) is 0 Å². The molecular formula is C6H13N2. The predicted octanol–water partition coefficient (Wildman–Crippen LogP) is -0.0421. The van der Waals surface area contributed by atoms with Gasteiger partial charge in [-0.25, -0.2) is 5.32 Å². The summed E-state index contributed by atoms with van der Waals surface area (Å²) in [5.74, 6) is 0.676. The van der Waals surface area contributed by atoms with Gasteiger partial charge in [-0.3, -0.25) is 0 Å². The predicted molar refractivity (Wildman–Crippen MR) is 33.6 cm³/mol. The Morgan fingerprint density at radius 1 is 1.75 bits per heavy atom. The molecule has 0 aromatic carbocycles. The van der Waals surface area contributed by atoms with Crippen LogP contribution in [0, 0.1) is 5.92 Å². The summed E-state index contributed by atoms with van der Waals surface area (Å²) in [6.07, 6.45) is 1.21. The maximum atomic E-state index is 5.64. The molecule has 1 fully saturated rings. The largest absolute Gasteiger partial charge is 0.328 e. The Morgan fingerprint density at radius 2 is 2.50 bits per heavy atom. The van der Waals surface area contributed by atoms with Crippen molar-refractivity contribution in [3.8, 4) is 0 Å². The average Bonchev–Trinajstić information content (AvgIpc) is 2.12. The smallest absolute Gasteiger partial charge is 0.0176 e. The Balaban J connectivity index is 2.24. The van der Waals surface area contributed by atoms with E-state index in [0.29, 0.717) is 12.0 Å². The highest BCUT2D eigenvalue weighted by atomic mass is 14.9. The molecule has 2 nitrogen and oxygen atoms in total. The van der Waals surface area contributed by atoms with Crippen molar-refractivity contribution in [2.75, 3.05) is 13.1 Å². The molecule has 8 heavy (non-hydrogen) atoms. The van der Waals surface area contributed by atoms with Gasteiger partial charge in [-0.1, -0.05) is 0 Å². The molecule has 0 bridgehead atoms. The fraction of sp³-hybridized carbons (Fsp3) is 1.00. The molecule has 0 aromatic heterocycles. The fourth-order valence-corrected chi connectivity index (χ4v) is 1.03. The summed E-state index contributed by atoms with van der Waals surface area (Å²) in [5.41, 5.74) is 5.64. The Morgan fingerprint density at radius 3 is 2.75 bits per heavy atom. The van der Waals surface area contributed by atoms with E-state index in [-0.39, 0.29) is 0 Å². The van der Waals surface area contributed by atoms with Gasteiger partial charge in [-0.05, 0) is 19.3 Å². The van der Waals surface area contributed by atoms with Crippen LogP contribution in [0.15, 0.2) is 0 Å². The first-order chi connectivity index (χ1) is 3.80. The zero-order chi connectivity index (χ0) is 5.98. The van der Waals surface area contributed by atoms with Gasteiger partial charge in [0.2, 0.25) is 0 Å². The van der Waals surface area contributed by atoms with Crippen LogP contribution in [0.25, 0.3) is 0 Å². The fourth-order valence-electron chi connectivity index (χ4n) is 1.03. The minimum Gasteiger partial charge on any atom is -0.328 e. The van der Waals surface area contributed by atoms with E-state index in [9.17, 15) is 0 Å². The number of hydrogen-bond donors (Lipinski definition) is 1. The van der Waals surface area contributed by atoms with Crippen LogP contribution in [0.2, 0.25) is 0 Å².